The van der Waals surface area contributed by atoms with Gasteiger partial charge < -0.3 is 0 Å². The van der Waals surface area contributed by atoms with Gasteiger partial charge in [-0.05, 0) is 31.8 Å². The molecule has 1 saturated carbocycles. The molecular weight excluding hydrogens is 148 g/mol. The highest BCUT2D eigenvalue weighted by atomic mass is 35.5. The van der Waals surface area contributed by atoms with Crippen LogP contribution < -0.4 is 0 Å². The third-order valence-corrected chi connectivity index (χ3v) is 2.27. The maximum Gasteiger partial charge on any atom is 0.176 e. The minimum atomic E-state index is -0.250. The highest BCUT2D eigenvalue weighted by Gasteiger charge is 2.23. The summed E-state index contributed by atoms with van der Waals surface area (Å²) in [6.07, 6.45) is 4.69. The number of Topliss-reactive ketones (excluding diaryl/α,β-unsaturated/α-hetero) is 1. The van der Waals surface area contributed by atoms with E-state index in [-0.39, 0.29) is 11.2 Å². The molecule has 0 amide bonds. The topological polar surface area (TPSA) is 17.1 Å². The zero-order chi connectivity index (χ0) is 7.56. The Morgan fingerprint density at radius 2 is 2.40 bits per heavy atom. The maximum atomic E-state index is 11.2. The Hall–Kier alpha value is -0.300. The predicted octanol–water partition coefficient (Wildman–Crippen LogP) is 2.29. The number of halogens is 1. The Kier molecular flexibility index (Phi) is 2.50. The van der Waals surface area contributed by atoms with E-state index >= 15 is 0 Å². The van der Waals surface area contributed by atoms with E-state index in [1.807, 2.05) is 13.0 Å². The molecule has 1 unspecified atom stereocenters. The monoisotopic (exact) mass is 158 g/mol. The highest BCUT2D eigenvalue weighted by Crippen LogP contribution is 2.23. The number of alkyl halides is 1. The van der Waals surface area contributed by atoms with Gasteiger partial charge in [0.2, 0.25) is 0 Å². The number of rotatable bonds is 0. The lowest BCUT2D eigenvalue weighted by molar-refractivity contribution is -0.116. The van der Waals surface area contributed by atoms with Crippen LogP contribution in [-0.4, -0.2) is 11.2 Å². The van der Waals surface area contributed by atoms with Crippen LogP contribution in [0.3, 0.4) is 0 Å². The molecule has 1 nitrogen and oxygen atoms in total. The van der Waals surface area contributed by atoms with Gasteiger partial charge in [0.15, 0.2) is 5.78 Å². The van der Waals surface area contributed by atoms with Crippen LogP contribution in [0.2, 0.25) is 0 Å². The van der Waals surface area contributed by atoms with Gasteiger partial charge in [0.05, 0.1) is 5.38 Å². The van der Waals surface area contributed by atoms with E-state index in [4.69, 9.17) is 11.6 Å². The fourth-order valence-corrected chi connectivity index (χ4v) is 1.51. The van der Waals surface area contributed by atoms with Crippen molar-refractivity contribution in [1.29, 1.82) is 0 Å². The van der Waals surface area contributed by atoms with Gasteiger partial charge in [0, 0.05) is 0 Å². The third kappa shape index (κ3) is 1.40. The summed E-state index contributed by atoms with van der Waals surface area (Å²) >= 11 is 5.75. The normalized spacial score (nSPS) is 31.2. The molecule has 0 heterocycles. The van der Waals surface area contributed by atoms with E-state index < -0.39 is 0 Å². The van der Waals surface area contributed by atoms with Crippen molar-refractivity contribution in [2.24, 2.45) is 0 Å². The first-order chi connectivity index (χ1) is 4.75. The first-order valence-corrected chi connectivity index (χ1v) is 4.03. The average molecular weight is 159 g/mol. The number of allylic oxidation sites excluding steroid dienone is 2. The molecule has 0 aromatic heterocycles. The average Bonchev–Trinajstić information content (AvgIpc) is 1.95. The molecule has 56 valence electrons. The predicted molar refractivity (Wildman–Crippen MR) is 42.3 cm³/mol. The Balaban J connectivity index is 2.69. The van der Waals surface area contributed by atoms with Crippen molar-refractivity contribution >= 4 is 17.4 Å². The van der Waals surface area contributed by atoms with E-state index in [0.717, 1.165) is 24.8 Å². The summed E-state index contributed by atoms with van der Waals surface area (Å²) < 4.78 is 0. The quantitative estimate of drug-likeness (QED) is 0.391. The van der Waals surface area contributed by atoms with Crippen molar-refractivity contribution in [3.05, 3.63) is 11.6 Å². The van der Waals surface area contributed by atoms with E-state index in [0.29, 0.717) is 0 Å². The zero-order valence-electron chi connectivity index (χ0n) is 6.06. The van der Waals surface area contributed by atoms with Gasteiger partial charge in [-0.3, -0.25) is 4.79 Å². The van der Waals surface area contributed by atoms with Crippen molar-refractivity contribution in [3.8, 4) is 0 Å². The molecule has 0 aromatic rings. The van der Waals surface area contributed by atoms with Crippen LogP contribution in [0.1, 0.15) is 26.2 Å². The molecule has 10 heavy (non-hydrogen) atoms. The van der Waals surface area contributed by atoms with Gasteiger partial charge in [-0.2, -0.15) is 0 Å². The second kappa shape index (κ2) is 3.20. The Labute approximate surface area is 66.1 Å². The number of carbonyl (C=O) groups excluding carboxylic acids is 1. The van der Waals surface area contributed by atoms with Crippen LogP contribution in [-0.2, 0) is 4.79 Å². The van der Waals surface area contributed by atoms with Gasteiger partial charge in [0.1, 0.15) is 0 Å². The molecule has 1 rings (SSSR count). The molecule has 1 atom stereocenters. The molecule has 0 aromatic carbocycles. The standard InChI is InChI=1S/C8H11ClO/c1-2-6-4-3-5-7(9)8(6)10/h2,7H,3-5H2,1H3. The summed E-state index contributed by atoms with van der Waals surface area (Å²) in [5.74, 6) is 0.135. The molecule has 0 saturated heterocycles. The summed E-state index contributed by atoms with van der Waals surface area (Å²) in [5.41, 5.74) is 0.909. The first-order valence-electron chi connectivity index (χ1n) is 3.59. The van der Waals surface area contributed by atoms with Crippen molar-refractivity contribution in [2.75, 3.05) is 0 Å². The van der Waals surface area contributed by atoms with E-state index in [1.165, 1.54) is 0 Å². The fourth-order valence-electron chi connectivity index (χ4n) is 1.21. The van der Waals surface area contributed by atoms with Crippen molar-refractivity contribution in [2.45, 2.75) is 31.6 Å². The minimum absolute atomic E-state index is 0.135. The second-order valence-corrected chi connectivity index (χ2v) is 3.06. The second-order valence-electron chi connectivity index (χ2n) is 2.54. The number of ketones is 1. The number of carbonyl (C=O) groups is 1. The third-order valence-electron chi connectivity index (χ3n) is 1.85. The number of hydrogen-bond acceptors (Lipinski definition) is 1. The highest BCUT2D eigenvalue weighted by molar-refractivity contribution is 6.34. The summed E-state index contributed by atoms with van der Waals surface area (Å²) in [6.45, 7) is 1.89. The molecule has 0 aliphatic heterocycles. The molecule has 2 heteroatoms. The molecule has 1 aliphatic carbocycles. The minimum Gasteiger partial charge on any atom is -0.293 e. The summed E-state index contributed by atoms with van der Waals surface area (Å²) in [4.78, 5) is 11.2. The van der Waals surface area contributed by atoms with Crippen molar-refractivity contribution in [1.82, 2.24) is 0 Å². The Morgan fingerprint density at radius 1 is 1.70 bits per heavy atom. The van der Waals surface area contributed by atoms with Gasteiger partial charge in [0.25, 0.3) is 0 Å². The zero-order valence-corrected chi connectivity index (χ0v) is 6.82. The van der Waals surface area contributed by atoms with Gasteiger partial charge in [-0.15, -0.1) is 11.6 Å². The molecule has 0 spiro atoms. The van der Waals surface area contributed by atoms with Crippen LogP contribution in [0.4, 0.5) is 0 Å². The molecule has 1 aliphatic rings. The van der Waals surface area contributed by atoms with Crippen LogP contribution in [0.25, 0.3) is 0 Å². The lowest BCUT2D eigenvalue weighted by Crippen LogP contribution is -2.21. The smallest absolute Gasteiger partial charge is 0.176 e. The Morgan fingerprint density at radius 3 is 2.90 bits per heavy atom. The van der Waals surface area contributed by atoms with Gasteiger partial charge in [-0.1, -0.05) is 6.08 Å². The largest absolute Gasteiger partial charge is 0.293 e. The summed E-state index contributed by atoms with van der Waals surface area (Å²) in [6, 6.07) is 0. The fraction of sp³-hybridized carbons (Fsp3) is 0.625. The van der Waals surface area contributed by atoms with Crippen LogP contribution >= 0.6 is 11.6 Å². The van der Waals surface area contributed by atoms with E-state index in [2.05, 4.69) is 0 Å². The lowest BCUT2D eigenvalue weighted by atomic mass is 9.93. The Bertz CT molecular complexity index is 172. The van der Waals surface area contributed by atoms with Gasteiger partial charge in [-0.25, -0.2) is 0 Å². The van der Waals surface area contributed by atoms with E-state index in [1.54, 1.807) is 0 Å². The molecular formula is C8H11ClO. The number of hydrogen-bond donors (Lipinski definition) is 0. The lowest BCUT2D eigenvalue weighted by Gasteiger charge is -2.16. The molecule has 0 N–H and O–H groups in total. The first kappa shape index (κ1) is 7.80. The van der Waals surface area contributed by atoms with Crippen LogP contribution in [0.15, 0.2) is 11.6 Å². The van der Waals surface area contributed by atoms with E-state index in [9.17, 15) is 4.79 Å². The SMILES string of the molecule is CC=C1CCCC(Cl)C1=O. The van der Waals surface area contributed by atoms with Crippen molar-refractivity contribution < 1.29 is 4.79 Å². The van der Waals surface area contributed by atoms with Crippen LogP contribution in [0.5, 0.6) is 0 Å². The molecule has 0 bridgehead atoms. The van der Waals surface area contributed by atoms with Crippen LogP contribution in [0, 0.1) is 0 Å². The maximum absolute atomic E-state index is 11.2. The summed E-state index contributed by atoms with van der Waals surface area (Å²) in [7, 11) is 0. The molecule has 1 fully saturated rings. The van der Waals surface area contributed by atoms with Gasteiger partial charge >= 0.3 is 0 Å². The van der Waals surface area contributed by atoms with Crippen molar-refractivity contribution in [3.63, 3.8) is 0 Å². The summed E-state index contributed by atoms with van der Waals surface area (Å²) in [5, 5.41) is -0.250. The molecule has 0 radical (unpaired) electrons.